The molecule has 0 radical (unpaired) electrons. The number of sulfone groups is 1. The van der Waals surface area contributed by atoms with Crippen molar-refractivity contribution in [1.82, 2.24) is 9.97 Å². The largest absolute Gasteiger partial charge is 0.428 e. The molecular weight excluding hydrogens is 382 g/mol. The minimum Gasteiger partial charge on any atom is -0.428 e. The van der Waals surface area contributed by atoms with E-state index in [0.29, 0.717) is 21.7 Å². The average molecular weight is 399 g/mol. The molecule has 2 heterocycles. The maximum absolute atomic E-state index is 12.5. The van der Waals surface area contributed by atoms with E-state index in [1.54, 1.807) is 24.3 Å². The van der Waals surface area contributed by atoms with Gasteiger partial charge in [-0.05, 0) is 49.4 Å². The van der Waals surface area contributed by atoms with E-state index < -0.39 is 9.84 Å². The summed E-state index contributed by atoms with van der Waals surface area (Å²) in [5.74, 6) is 0.148. The normalized spacial score (nSPS) is 14.0. The monoisotopic (exact) mass is 399 g/mol. The van der Waals surface area contributed by atoms with E-state index in [-0.39, 0.29) is 16.7 Å². The summed E-state index contributed by atoms with van der Waals surface area (Å²) < 4.78 is 30.4. The molecule has 1 aliphatic rings. The fraction of sp³-hybridized carbons (Fsp3) is 0.316. The van der Waals surface area contributed by atoms with E-state index in [4.69, 9.17) is 4.42 Å². The number of aromatic nitrogens is 2. The number of nitrogens with zero attached hydrogens (tertiary/aromatic N) is 3. The molecule has 138 valence electrons. The van der Waals surface area contributed by atoms with Gasteiger partial charge in [0.05, 0.1) is 11.3 Å². The third kappa shape index (κ3) is 3.70. The summed E-state index contributed by atoms with van der Waals surface area (Å²) in [6, 6.07) is 11.0. The Bertz CT molecular complexity index is 1110. The summed E-state index contributed by atoms with van der Waals surface area (Å²) in [7, 11) is -3.64. The molecule has 4 rings (SSSR count). The lowest BCUT2D eigenvalue weighted by Gasteiger charge is -2.16. The van der Waals surface area contributed by atoms with Crippen LogP contribution in [0.25, 0.3) is 11.1 Å². The van der Waals surface area contributed by atoms with Gasteiger partial charge in [-0.2, -0.15) is 10.2 Å². The van der Waals surface area contributed by atoms with Crippen LogP contribution >= 0.6 is 11.8 Å². The van der Waals surface area contributed by atoms with Gasteiger partial charge in [0.25, 0.3) is 0 Å². The van der Waals surface area contributed by atoms with Crippen molar-refractivity contribution in [3.05, 3.63) is 47.2 Å². The summed E-state index contributed by atoms with van der Waals surface area (Å²) in [5, 5.41) is 9.73. The van der Waals surface area contributed by atoms with Crippen molar-refractivity contribution in [3.63, 3.8) is 0 Å². The molecule has 8 heteroatoms. The van der Waals surface area contributed by atoms with Crippen molar-refractivity contribution in [1.29, 1.82) is 5.26 Å². The quantitative estimate of drug-likeness (QED) is 0.605. The van der Waals surface area contributed by atoms with Crippen LogP contribution in [0.15, 0.2) is 45.0 Å². The second-order valence-corrected chi connectivity index (χ2v) is 9.45. The SMILES string of the molecule is N#Cc1cc2c(nc1SCCS(=O)(=O)c1nc3ccccc3o1)CCCC2. The first-order valence-electron chi connectivity index (χ1n) is 8.71. The predicted molar refractivity (Wildman–Crippen MR) is 102 cm³/mol. The van der Waals surface area contributed by atoms with Crippen molar-refractivity contribution in [2.75, 3.05) is 11.5 Å². The zero-order chi connectivity index (χ0) is 18.9. The molecule has 2 aromatic heterocycles. The van der Waals surface area contributed by atoms with Gasteiger partial charge in [0.1, 0.15) is 16.6 Å². The Morgan fingerprint density at radius 2 is 2.00 bits per heavy atom. The smallest absolute Gasteiger partial charge is 0.316 e. The summed E-state index contributed by atoms with van der Waals surface area (Å²) in [4.78, 5) is 8.69. The topological polar surface area (TPSA) is 96.8 Å². The zero-order valence-corrected chi connectivity index (χ0v) is 16.1. The van der Waals surface area contributed by atoms with Gasteiger partial charge in [0, 0.05) is 11.4 Å². The molecule has 6 nitrogen and oxygen atoms in total. The van der Waals surface area contributed by atoms with Crippen LogP contribution in [0, 0.1) is 11.3 Å². The predicted octanol–water partition coefficient (Wildman–Crippen LogP) is 3.54. The van der Waals surface area contributed by atoms with Crippen LogP contribution in [0.4, 0.5) is 0 Å². The van der Waals surface area contributed by atoms with Gasteiger partial charge in [-0.15, -0.1) is 11.8 Å². The highest BCUT2D eigenvalue weighted by molar-refractivity contribution is 8.00. The summed E-state index contributed by atoms with van der Waals surface area (Å²) in [6.07, 6.45) is 4.08. The molecular formula is C19H17N3O3S2. The molecule has 1 aromatic carbocycles. The van der Waals surface area contributed by atoms with Gasteiger partial charge in [0.15, 0.2) is 5.58 Å². The molecule has 0 atom stereocenters. The first-order chi connectivity index (χ1) is 13.1. The fourth-order valence-corrected chi connectivity index (χ4v) is 5.59. The van der Waals surface area contributed by atoms with Gasteiger partial charge in [-0.1, -0.05) is 12.1 Å². The van der Waals surface area contributed by atoms with Gasteiger partial charge in [0.2, 0.25) is 9.84 Å². The maximum atomic E-state index is 12.5. The third-order valence-electron chi connectivity index (χ3n) is 4.52. The van der Waals surface area contributed by atoms with Gasteiger partial charge in [-0.3, -0.25) is 0 Å². The third-order valence-corrected chi connectivity index (χ3v) is 7.22. The van der Waals surface area contributed by atoms with E-state index >= 15 is 0 Å². The molecule has 0 saturated heterocycles. The summed E-state index contributed by atoms with van der Waals surface area (Å²) in [6.45, 7) is 0. The van der Waals surface area contributed by atoms with E-state index in [1.165, 1.54) is 11.8 Å². The molecule has 0 saturated carbocycles. The number of pyridine rings is 1. The number of oxazole rings is 1. The van der Waals surface area contributed by atoms with Crippen LogP contribution in [-0.4, -0.2) is 29.9 Å². The fourth-order valence-electron chi connectivity index (χ4n) is 3.12. The number of thioether (sulfide) groups is 1. The lowest BCUT2D eigenvalue weighted by molar-refractivity contribution is 0.459. The number of fused-ring (bicyclic) bond motifs is 2. The Morgan fingerprint density at radius 3 is 2.81 bits per heavy atom. The molecule has 0 spiro atoms. The molecule has 0 bridgehead atoms. The minimum atomic E-state index is -3.64. The lowest BCUT2D eigenvalue weighted by atomic mass is 9.95. The number of para-hydroxylation sites is 2. The van der Waals surface area contributed by atoms with Crippen LogP contribution in [0.3, 0.4) is 0 Å². The number of rotatable bonds is 5. The van der Waals surface area contributed by atoms with Gasteiger partial charge >= 0.3 is 5.22 Å². The molecule has 27 heavy (non-hydrogen) atoms. The summed E-state index contributed by atoms with van der Waals surface area (Å²) in [5.41, 5.74) is 3.66. The highest BCUT2D eigenvalue weighted by Crippen LogP contribution is 2.28. The number of benzene rings is 1. The highest BCUT2D eigenvalue weighted by atomic mass is 32.2. The Morgan fingerprint density at radius 1 is 1.19 bits per heavy atom. The highest BCUT2D eigenvalue weighted by Gasteiger charge is 2.22. The molecule has 0 unspecified atom stereocenters. The van der Waals surface area contributed by atoms with E-state index in [1.807, 2.05) is 6.07 Å². The number of nitriles is 1. The summed E-state index contributed by atoms with van der Waals surface area (Å²) >= 11 is 1.29. The standard InChI is InChI=1S/C19H17N3O3S2/c20-12-14-11-13-5-1-2-6-15(13)21-18(14)26-9-10-27(23,24)19-22-16-7-3-4-8-17(16)25-19/h3-4,7-8,11H,1-2,5-6,9-10H2. The van der Waals surface area contributed by atoms with Crippen molar-refractivity contribution >= 4 is 32.7 Å². The average Bonchev–Trinajstić information content (AvgIpc) is 3.12. The van der Waals surface area contributed by atoms with Gasteiger partial charge < -0.3 is 4.42 Å². The van der Waals surface area contributed by atoms with E-state index in [9.17, 15) is 13.7 Å². The van der Waals surface area contributed by atoms with Crippen LogP contribution in [0.2, 0.25) is 0 Å². The first-order valence-corrected chi connectivity index (χ1v) is 11.3. The van der Waals surface area contributed by atoms with E-state index in [0.717, 1.165) is 36.9 Å². The molecule has 0 fully saturated rings. The van der Waals surface area contributed by atoms with Crippen molar-refractivity contribution in [2.24, 2.45) is 0 Å². The maximum Gasteiger partial charge on any atom is 0.316 e. The zero-order valence-electron chi connectivity index (χ0n) is 14.5. The number of aryl methyl sites for hydroxylation is 2. The van der Waals surface area contributed by atoms with Crippen LogP contribution in [0.1, 0.15) is 29.7 Å². The van der Waals surface area contributed by atoms with Gasteiger partial charge in [-0.25, -0.2) is 13.4 Å². The second kappa shape index (κ2) is 7.33. The first kappa shape index (κ1) is 18.0. The minimum absolute atomic E-state index is 0.131. The van der Waals surface area contributed by atoms with Crippen LogP contribution in [-0.2, 0) is 22.7 Å². The molecule has 1 aliphatic carbocycles. The Labute approximate surface area is 161 Å². The Balaban J connectivity index is 1.50. The molecule has 0 N–H and O–H groups in total. The molecule has 0 amide bonds. The van der Waals surface area contributed by atoms with Crippen molar-refractivity contribution in [3.8, 4) is 6.07 Å². The Kier molecular flexibility index (Phi) is 4.89. The number of hydrogen-bond donors (Lipinski definition) is 0. The van der Waals surface area contributed by atoms with Crippen LogP contribution in [0.5, 0.6) is 0 Å². The van der Waals surface area contributed by atoms with Crippen LogP contribution < -0.4 is 0 Å². The van der Waals surface area contributed by atoms with Crippen molar-refractivity contribution in [2.45, 2.75) is 35.9 Å². The Hall–Kier alpha value is -2.37. The van der Waals surface area contributed by atoms with Crippen molar-refractivity contribution < 1.29 is 12.8 Å². The second-order valence-electron chi connectivity index (χ2n) is 6.38. The lowest BCUT2D eigenvalue weighted by Crippen LogP contribution is -2.10. The van der Waals surface area contributed by atoms with E-state index in [2.05, 4.69) is 16.0 Å². The molecule has 3 aromatic rings. The number of hydrogen-bond acceptors (Lipinski definition) is 7. The molecule has 0 aliphatic heterocycles.